The Morgan fingerprint density at radius 1 is 1.09 bits per heavy atom. The molecule has 32 heavy (non-hydrogen) atoms. The number of benzene rings is 2. The molecule has 2 aromatic rings. The van der Waals surface area contributed by atoms with Crippen LogP contribution in [0.2, 0.25) is 10.0 Å². The third kappa shape index (κ3) is 4.98. The predicted molar refractivity (Wildman–Crippen MR) is 124 cm³/mol. The first-order chi connectivity index (χ1) is 15.2. The number of ether oxygens (including phenoxy) is 2. The highest BCUT2D eigenvalue weighted by Gasteiger charge is 2.46. The van der Waals surface area contributed by atoms with Gasteiger partial charge in [-0.1, -0.05) is 35.3 Å². The minimum atomic E-state index is -3.85. The molecule has 174 valence electrons. The first-order valence-electron chi connectivity index (χ1n) is 9.99. The Morgan fingerprint density at radius 3 is 2.31 bits per heavy atom. The second-order valence-electron chi connectivity index (χ2n) is 7.53. The number of nitrogens with zero attached hydrogens (tertiary/aromatic N) is 1. The molecule has 0 spiro atoms. The zero-order valence-electron chi connectivity index (χ0n) is 18.1. The summed E-state index contributed by atoms with van der Waals surface area (Å²) in [6.07, 6.45) is 0.403. The van der Waals surface area contributed by atoms with E-state index in [4.69, 9.17) is 36.9 Å². The standard InChI is InChI=1S/C22H25Cl2NO6S/c1-4-31-32(27,28)14-22(15-8-9-16(23)17(24)12-15)10-11-25(13-22)21(26)20-18(29-2)6-5-7-19(20)30-3/h5-9,12H,4,10-11,13-14H2,1-3H3. The number of amides is 1. The number of carbonyl (C=O) groups excluding carboxylic acids is 1. The van der Waals surface area contributed by atoms with Gasteiger partial charge in [0.1, 0.15) is 17.1 Å². The van der Waals surface area contributed by atoms with Gasteiger partial charge in [0.25, 0.3) is 16.0 Å². The van der Waals surface area contributed by atoms with E-state index in [1.165, 1.54) is 14.2 Å². The van der Waals surface area contributed by atoms with E-state index in [2.05, 4.69) is 0 Å². The van der Waals surface area contributed by atoms with E-state index < -0.39 is 15.5 Å². The molecule has 0 bridgehead atoms. The summed E-state index contributed by atoms with van der Waals surface area (Å²) in [5.74, 6) is 0.153. The lowest BCUT2D eigenvalue weighted by molar-refractivity contribution is 0.0777. The van der Waals surface area contributed by atoms with E-state index in [0.717, 1.165) is 0 Å². The topological polar surface area (TPSA) is 82.1 Å². The molecule has 1 saturated heterocycles. The fourth-order valence-corrected chi connectivity index (χ4v) is 5.91. The van der Waals surface area contributed by atoms with Gasteiger partial charge in [-0.25, -0.2) is 0 Å². The number of carbonyl (C=O) groups is 1. The van der Waals surface area contributed by atoms with Crippen molar-refractivity contribution in [3.05, 3.63) is 57.6 Å². The fourth-order valence-electron chi connectivity index (χ4n) is 4.09. The number of hydrogen-bond acceptors (Lipinski definition) is 6. The van der Waals surface area contributed by atoms with Gasteiger partial charge in [-0.2, -0.15) is 8.42 Å². The zero-order valence-corrected chi connectivity index (χ0v) is 20.4. The SMILES string of the molecule is CCOS(=O)(=O)CC1(c2ccc(Cl)c(Cl)c2)CCN(C(=O)c2c(OC)cccc2OC)C1. The highest BCUT2D eigenvalue weighted by molar-refractivity contribution is 7.86. The summed E-state index contributed by atoms with van der Waals surface area (Å²) in [4.78, 5) is 15.1. The van der Waals surface area contributed by atoms with Crippen LogP contribution in [-0.4, -0.2) is 58.9 Å². The van der Waals surface area contributed by atoms with E-state index in [1.807, 2.05) is 0 Å². The summed E-state index contributed by atoms with van der Waals surface area (Å²) in [6.45, 7) is 2.13. The molecule has 10 heteroatoms. The van der Waals surface area contributed by atoms with Gasteiger partial charge in [-0.3, -0.25) is 8.98 Å². The van der Waals surface area contributed by atoms with Gasteiger partial charge in [0.05, 0.1) is 36.6 Å². The van der Waals surface area contributed by atoms with Crippen LogP contribution in [-0.2, 0) is 19.7 Å². The van der Waals surface area contributed by atoms with Crippen LogP contribution in [0.15, 0.2) is 36.4 Å². The van der Waals surface area contributed by atoms with E-state index in [0.29, 0.717) is 40.1 Å². The third-order valence-corrected chi connectivity index (χ3v) is 7.81. The van der Waals surface area contributed by atoms with E-state index in [1.54, 1.807) is 48.2 Å². The van der Waals surface area contributed by atoms with Gasteiger partial charge in [-0.05, 0) is 43.2 Å². The summed E-state index contributed by atoms with van der Waals surface area (Å²) >= 11 is 12.3. The summed E-state index contributed by atoms with van der Waals surface area (Å²) < 4.78 is 41.0. The third-order valence-electron chi connectivity index (χ3n) is 5.57. The second-order valence-corrected chi connectivity index (χ2v) is 9.99. The quantitative estimate of drug-likeness (QED) is 0.505. The van der Waals surface area contributed by atoms with Crippen molar-refractivity contribution in [3.8, 4) is 11.5 Å². The van der Waals surface area contributed by atoms with Crippen molar-refractivity contribution < 1.29 is 26.9 Å². The van der Waals surface area contributed by atoms with Crippen LogP contribution < -0.4 is 9.47 Å². The predicted octanol–water partition coefficient (Wildman–Crippen LogP) is 4.16. The second kappa shape index (κ2) is 9.87. The molecule has 1 aliphatic rings. The lowest BCUT2D eigenvalue weighted by Gasteiger charge is -2.30. The maximum absolute atomic E-state index is 13.5. The van der Waals surface area contributed by atoms with Crippen molar-refractivity contribution in [1.82, 2.24) is 4.90 Å². The monoisotopic (exact) mass is 501 g/mol. The van der Waals surface area contributed by atoms with E-state index >= 15 is 0 Å². The number of halogens is 2. The van der Waals surface area contributed by atoms with Crippen molar-refractivity contribution in [2.24, 2.45) is 0 Å². The first-order valence-corrected chi connectivity index (χ1v) is 12.3. The van der Waals surface area contributed by atoms with Gasteiger partial charge < -0.3 is 14.4 Å². The average molecular weight is 502 g/mol. The van der Waals surface area contributed by atoms with Crippen molar-refractivity contribution in [3.63, 3.8) is 0 Å². The van der Waals surface area contributed by atoms with E-state index in [-0.39, 0.29) is 30.4 Å². The number of likely N-dealkylation sites (tertiary alicyclic amines) is 1. The van der Waals surface area contributed by atoms with Gasteiger partial charge in [0, 0.05) is 18.5 Å². The molecule has 1 aliphatic heterocycles. The van der Waals surface area contributed by atoms with Crippen molar-refractivity contribution in [2.45, 2.75) is 18.8 Å². The molecule has 3 rings (SSSR count). The van der Waals surface area contributed by atoms with Gasteiger partial charge in [0.15, 0.2) is 0 Å². The highest BCUT2D eigenvalue weighted by atomic mass is 35.5. The Bertz CT molecular complexity index is 1090. The largest absolute Gasteiger partial charge is 0.496 e. The Balaban J connectivity index is 2.02. The summed E-state index contributed by atoms with van der Waals surface area (Å²) in [6, 6.07) is 10.1. The Kier molecular flexibility index (Phi) is 7.60. The summed E-state index contributed by atoms with van der Waals surface area (Å²) in [5.41, 5.74) is 0.0558. The van der Waals surface area contributed by atoms with Crippen molar-refractivity contribution >= 4 is 39.2 Å². The molecule has 0 saturated carbocycles. The first kappa shape index (κ1) is 24.6. The van der Waals surface area contributed by atoms with E-state index in [9.17, 15) is 13.2 Å². The summed E-state index contributed by atoms with van der Waals surface area (Å²) in [5, 5.41) is 0.677. The molecule has 1 fully saturated rings. The van der Waals surface area contributed by atoms with Crippen LogP contribution in [0, 0.1) is 0 Å². The number of methoxy groups -OCH3 is 2. The Labute approximate surface area is 198 Å². The molecule has 1 atom stereocenters. The maximum Gasteiger partial charge on any atom is 0.268 e. The van der Waals surface area contributed by atoms with Gasteiger partial charge >= 0.3 is 0 Å². The minimum Gasteiger partial charge on any atom is -0.496 e. The Hall–Kier alpha value is -2.00. The number of hydrogen-bond donors (Lipinski definition) is 0. The van der Waals surface area contributed by atoms with Gasteiger partial charge in [-0.15, -0.1) is 0 Å². The van der Waals surface area contributed by atoms with Crippen LogP contribution in [0.3, 0.4) is 0 Å². The molecule has 0 aromatic heterocycles. The van der Waals surface area contributed by atoms with Crippen LogP contribution in [0.1, 0.15) is 29.3 Å². The molecule has 1 unspecified atom stereocenters. The lowest BCUT2D eigenvalue weighted by Crippen LogP contribution is -2.40. The smallest absolute Gasteiger partial charge is 0.268 e. The molecular formula is C22H25Cl2NO6S. The molecule has 1 amide bonds. The number of rotatable bonds is 8. The molecule has 0 aliphatic carbocycles. The molecular weight excluding hydrogens is 477 g/mol. The zero-order chi connectivity index (χ0) is 23.5. The minimum absolute atomic E-state index is 0.0286. The molecule has 2 aromatic carbocycles. The van der Waals surface area contributed by atoms with Crippen molar-refractivity contribution in [1.29, 1.82) is 0 Å². The van der Waals surface area contributed by atoms with Gasteiger partial charge in [0.2, 0.25) is 0 Å². The van der Waals surface area contributed by atoms with Crippen LogP contribution in [0.25, 0.3) is 0 Å². The van der Waals surface area contributed by atoms with Crippen LogP contribution >= 0.6 is 23.2 Å². The van der Waals surface area contributed by atoms with Crippen molar-refractivity contribution in [2.75, 3.05) is 39.7 Å². The lowest BCUT2D eigenvalue weighted by atomic mass is 9.81. The molecule has 0 radical (unpaired) electrons. The molecule has 1 heterocycles. The average Bonchev–Trinajstić information content (AvgIpc) is 3.18. The molecule has 0 N–H and O–H groups in total. The highest BCUT2D eigenvalue weighted by Crippen LogP contribution is 2.40. The maximum atomic E-state index is 13.5. The van der Waals surface area contributed by atoms with Crippen LogP contribution in [0.4, 0.5) is 0 Å². The molecule has 7 nitrogen and oxygen atoms in total. The van der Waals surface area contributed by atoms with Crippen LogP contribution in [0.5, 0.6) is 11.5 Å². The Morgan fingerprint density at radius 2 is 1.75 bits per heavy atom. The normalized spacial score (nSPS) is 18.6. The fraction of sp³-hybridized carbons (Fsp3) is 0.409. The summed E-state index contributed by atoms with van der Waals surface area (Å²) in [7, 11) is -0.895.